The molecule has 0 saturated carbocycles. The number of likely N-dealkylation sites (N-methyl/N-ethyl adjacent to an activating group) is 1. The fourth-order valence-electron chi connectivity index (χ4n) is 3.04. The third-order valence-corrected chi connectivity index (χ3v) is 5.71. The molecule has 1 amide bonds. The second-order valence-electron chi connectivity index (χ2n) is 6.85. The molecule has 2 heterocycles. The molecule has 1 aliphatic rings. The molecule has 1 aromatic heterocycles. The summed E-state index contributed by atoms with van der Waals surface area (Å²) in [5.41, 5.74) is 4.52. The van der Waals surface area contributed by atoms with Crippen molar-refractivity contribution in [2.45, 2.75) is 19.8 Å². The number of benzene rings is 1. The number of allylic oxidation sites excluding steroid dienone is 1. The number of carbonyl (C=O) groups excluding carboxylic acids is 2. The van der Waals surface area contributed by atoms with Crippen LogP contribution < -0.4 is 10.9 Å². The number of rotatable bonds is 6. The molecule has 9 nitrogen and oxygen atoms in total. The molecule has 0 bridgehead atoms. The number of Topliss-reactive ketones (excluding diaryl/α,β-unsaturated/α-hetero) is 1. The van der Waals surface area contributed by atoms with Crippen LogP contribution in [0.5, 0.6) is 0 Å². The van der Waals surface area contributed by atoms with Gasteiger partial charge in [0.25, 0.3) is 5.91 Å². The third-order valence-electron chi connectivity index (χ3n) is 4.75. The van der Waals surface area contributed by atoms with Crippen LogP contribution in [0.4, 0.5) is 13.2 Å². The summed E-state index contributed by atoms with van der Waals surface area (Å²) < 4.78 is 41.1. The van der Waals surface area contributed by atoms with Gasteiger partial charge in [-0.3, -0.25) is 9.59 Å². The molecule has 0 radical (unpaired) electrons. The standard InChI is InChI=1S/C20H20F3N5O4S/c1-2-28-9-25-24-8-13(18(31)17(30)11(3-4-29)20(28)32)19-27-26-16(33-19)7-12-14(22)5-10(21)6-15(12)23/h5-6,8,24-25,29-30H,2-4,7,9H2,1H3/b13-8+,17-11-. The van der Waals surface area contributed by atoms with Gasteiger partial charge in [-0.15, -0.1) is 10.2 Å². The number of hydrogen-bond donors (Lipinski definition) is 4. The molecule has 2 aromatic rings. The van der Waals surface area contributed by atoms with Gasteiger partial charge in [-0.1, -0.05) is 11.3 Å². The number of ketones is 1. The summed E-state index contributed by atoms with van der Waals surface area (Å²) in [5.74, 6) is -5.67. The Morgan fingerprint density at radius 2 is 1.88 bits per heavy atom. The number of amides is 1. The van der Waals surface area contributed by atoms with Crippen LogP contribution >= 0.6 is 11.3 Å². The highest BCUT2D eigenvalue weighted by atomic mass is 32.1. The lowest BCUT2D eigenvalue weighted by Gasteiger charge is -2.24. The average Bonchev–Trinajstić information content (AvgIpc) is 3.23. The van der Waals surface area contributed by atoms with Gasteiger partial charge in [-0.05, 0) is 6.92 Å². The Kier molecular flexibility index (Phi) is 7.79. The van der Waals surface area contributed by atoms with Crippen molar-refractivity contribution < 1.29 is 33.0 Å². The zero-order valence-corrected chi connectivity index (χ0v) is 18.2. The first-order chi connectivity index (χ1) is 15.8. The van der Waals surface area contributed by atoms with Crippen molar-refractivity contribution in [2.75, 3.05) is 19.8 Å². The first-order valence-electron chi connectivity index (χ1n) is 9.78. The number of hydrogen-bond acceptors (Lipinski definition) is 9. The summed E-state index contributed by atoms with van der Waals surface area (Å²) in [4.78, 5) is 27.0. The quantitative estimate of drug-likeness (QED) is 0.488. The van der Waals surface area contributed by atoms with Crippen molar-refractivity contribution in [3.05, 3.63) is 62.7 Å². The van der Waals surface area contributed by atoms with Crippen LogP contribution in [0.25, 0.3) is 5.57 Å². The lowest BCUT2D eigenvalue weighted by molar-refractivity contribution is -0.128. The molecule has 176 valence electrons. The SMILES string of the molecule is CCN1CNN/C=C(/c2nnc(Cc3c(F)cc(F)cc3F)s2)C(=O)/C(O)=C(\CCO)C1=O. The van der Waals surface area contributed by atoms with E-state index in [1.807, 2.05) is 0 Å². The van der Waals surface area contributed by atoms with E-state index >= 15 is 0 Å². The number of aliphatic hydroxyl groups excluding tert-OH is 2. The minimum absolute atomic E-state index is 0.00231. The Bertz CT molecular complexity index is 1110. The highest BCUT2D eigenvalue weighted by Crippen LogP contribution is 2.27. The van der Waals surface area contributed by atoms with Gasteiger partial charge in [0, 0.05) is 49.9 Å². The van der Waals surface area contributed by atoms with Crippen LogP contribution in [0.1, 0.15) is 28.9 Å². The lowest BCUT2D eigenvalue weighted by atomic mass is 10.0. The summed E-state index contributed by atoms with van der Waals surface area (Å²) in [5, 5.41) is 27.7. The first-order valence-corrected chi connectivity index (χ1v) is 10.6. The van der Waals surface area contributed by atoms with E-state index in [-0.39, 0.29) is 47.2 Å². The lowest BCUT2D eigenvalue weighted by Crippen LogP contribution is -2.44. The van der Waals surface area contributed by atoms with Crippen LogP contribution in [0.15, 0.2) is 29.7 Å². The zero-order chi connectivity index (χ0) is 24.1. The summed E-state index contributed by atoms with van der Waals surface area (Å²) in [7, 11) is 0. The summed E-state index contributed by atoms with van der Waals surface area (Å²) in [6.45, 7) is 1.53. The van der Waals surface area contributed by atoms with Crippen molar-refractivity contribution in [1.82, 2.24) is 25.9 Å². The van der Waals surface area contributed by atoms with Crippen LogP contribution in [-0.4, -0.2) is 56.8 Å². The van der Waals surface area contributed by atoms with Gasteiger partial charge >= 0.3 is 0 Å². The van der Waals surface area contributed by atoms with Gasteiger partial charge in [0.15, 0.2) is 10.8 Å². The van der Waals surface area contributed by atoms with E-state index in [1.165, 1.54) is 11.1 Å². The van der Waals surface area contributed by atoms with Gasteiger partial charge in [0.05, 0.1) is 17.8 Å². The fourth-order valence-corrected chi connectivity index (χ4v) is 3.90. The van der Waals surface area contributed by atoms with Crippen molar-refractivity contribution in [2.24, 2.45) is 0 Å². The first kappa shape index (κ1) is 24.4. The molecule has 1 aliphatic heterocycles. The van der Waals surface area contributed by atoms with Gasteiger partial charge in [0.2, 0.25) is 5.78 Å². The Morgan fingerprint density at radius 1 is 1.18 bits per heavy atom. The largest absolute Gasteiger partial charge is 0.504 e. The van der Waals surface area contributed by atoms with E-state index in [1.54, 1.807) is 6.92 Å². The van der Waals surface area contributed by atoms with Crippen molar-refractivity contribution in [3.8, 4) is 0 Å². The highest BCUT2D eigenvalue weighted by Gasteiger charge is 2.29. The zero-order valence-electron chi connectivity index (χ0n) is 17.4. The Hall–Kier alpha value is -3.29. The van der Waals surface area contributed by atoms with Crippen LogP contribution in [0.3, 0.4) is 0 Å². The maximum atomic E-state index is 14.0. The molecule has 3 rings (SSSR count). The molecule has 4 N–H and O–H groups in total. The van der Waals surface area contributed by atoms with E-state index in [9.17, 15) is 33.0 Å². The average molecular weight is 483 g/mol. The number of nitrogens with one attached hydrogen (secondary N) is 2. The highest BCUT2D eigenvalue weighted by molar-refractivity contribution is 7.12. The number of aliphatic hydroxyl groups is 2. The fraction of sp³-hybridized carbons (Fsp3) is 0.300. The van der Waals surface area contributed by atoms with Gasteiger partial charge < -0.3 is 20.5 Å². The van der Waals surface area contributed by atoms with E-state index in [2.05, 4.69) is 21.0 Å². The van der Waals surface area contributed by atoms with Crippen molar-refractivity contribution >= 4 is 28.6 Å². The molecular weight excluding hydrogens is 463 g/mol. The molecule has 0 aliphatic carbocycles. The van der Waals surface area contributed by atoms with E-state index in [0.717, 1.165) is 11.3 Å². The predicted octanol–water partition coefficient (Wildman–Crippen LogP) is 1.56. The number of nitrogens with zero attached hydrogens (tertiary/aromatic N) is 3. The second kappa shape index (κ2) is 10.6. The van der Waals surface area contributed by atoms with Crippen molar-refractivity contribution in [3.63, 3.8) is 0 Å². The molecule has 1 aromatic carbocycles. The van der Waals surface area contributed by atoms with Gasteiger partial charge in [-0.25, -0.2) is 18.6 Å². The summed E-state index contributed by atoms with van der Waals surface area (Å²) in [6.07, 6.45) is 0.616. The molecule has 0 spiro atoms. The monoisotopic (exact) mass is 483 g/mol. The number of aromatic nitrogens is 2. The van der Waals surface area contributed by atoms with E-state index in [0.29, 0.717) is 12.1 Å². The number of carbonyl (C=O) groups is 2. The summed E-state index contributed by atoms with van der Waals surface area (Å²) in [6, 6.07) is 1.09. The Labute approximate surface area is 190 Å². The topological polar surface area (TPSA) is 128 Å². The van der Waals surface area contributed by atoms with Crippen LogP contribution in [0, 0.1) is 17.5 Å². The van der Waals surface area contributed by atoms with Gasteiger partial charge in [-0.2, -0.15) is 0 Å². The Morgan fingerprint density at radius 3 is 2.52 bits per heavy atom. The number of halogens is 3. The maximum Gasteiger partial charge on any atom is 0.254 e. The second-order valence-corrected chi connectivity index (χ2v) is 7.92. The smallest absolute Gasteiger partial charge is 0.254 e. The molecule has 0 unspecified atom stereocenters. The molecule has 13 heteroatoms. The predicted molar refractivity (Wildman–Crippen MR) is 112 cm³/mol. The minimum atomic E-state index is -1.09. The van der Waals surface area contributed by atoms with Crippen molar-refractivity contribution in [1.29, 1.82) is 0 Å². The molecule has 0 fully saturated rings. The minimum Gasteiger partial charge on any atom is -0.504 e. The molecule has 33 heavy (non-hydrogen) atoms. The van der Waals surface area contributed by atoms with Gasteiger partial charge in [0.1, 0.15) is 22.5 Å². The normalized spacial score (nSPS) is 19.3. The Balaban J connectivity index is 1.96. The number of hydrazine groups is 1. The molecule has 0 saturated heterocycles. The maximum absolute atomic E-state index is 14.0. The van der Waals surface area contributed by atoms with Crippen LogP contribution in [0.2, 0.25) is 0 Å². The van der Waals surface area contributed by atoms with E-state index in [4.69, 9.17) is 0 Å². The summed E-state index contributed by atoms with van der Waals surface area (Å²) >= 11 is 0.826. The molecule has 0 atom stereocenters. The molecular formula is C20H20F3N5O4S. The van der Waals surface area contributed by atoms with Crippen LogP contribution in [-0.2, 0) is 16.0 Å². The third kappa shape index (κ3) is 5.38. The van der Waals surface area contributed by atoms with E-state index < -0.39 is 47.1 Å².